The van der Waals surface area contributed by atoms with Crippen LogP contribution in [-0.4, -0.2) is 42.8 Å². The van der Waals surface area contributed by atoms with Gasteiger partial charge in [-0.3, -0.25) is 4.79 Å². The minimum absolute atomic E-state index is 0.130. The maximum atomic E-state index is 12.1. The van der Waals surface area contributed by atoms with Crippen molar-refractivity contribution in [2.24, 2.45) is 0 Å². The number of esters is 1. The second kappa shape index (κ2) is 8.68. The third kappa shape index (κ3) is 4.96. The topological polar surface area (TPSA) is 93.3 Å². The fourth-order valence-electron chi connectivity index (χ4n) is 2.94. The van der Waals surface area contributed by atoms with Crippen LogP contribution in [0.3, 0.4) is 0 Å². The molecule has 1 fully saturated rings. The number of methoxy groups -OCH3 is 1. The highest BCUT2D eigenvalue weighted by Gasteiger charge is 2.24. The molecule has 0 aliphatic heterocycles. The summed E-state index contributed by atoms with van der Waals surface area (Å²) in [5.41, 5.74) is 2.57. The van der Waals surface area contributed by atoms with E-state index in [4.69, 9.17) is 9.47 Å². The Labute approximate surface area is 153 Å². The van der Waals surface area contributed by atoms with E-state index in [1.165, 1.54) is 6.08 Å². The third-order valence-electron chi connectivity index (χ3n) is 4.29. The molecule has 0 unspecified atom stereocenters. The van der Waals surface area contributed by atoms with E-state index in [0.717, 1.165) is 29.8 Å². The lowest BCUT2D eigenvalue weighted by Gasteiger charge is -2.17. The molecule has 1 aliphatic carbocycles. The number of nitrogens with one attached hydrogen (secondary N) is 1. The standard InChI is InChI=1S/C19H25N3O4/c1-12-7-15(14(3)22(12)13(2)10-25-4)8-16(9-20)19(24)26-11-18(23)21-17-5-6-17/h7-8,13,17H,5-6,10-11H2,1-4H3,(H,21,23)/b16-8+/t13-/m0/s1. The van der Waals surface area contributed by atoms with Crippen molar-refractivity contribution in [2.75, 3.05) is 20.3 Å². The highest BCUT2D eigenvalue weighted by molar-refractivity contribution is 5.99. The van der Waals surface area contributed by atoms with Gasteiger partial charge in [0.25, 0.3) is 5.91 Å². The summed E-state index contributed by atoms with van der Waals surface area (Å²) < 4.78 is 12.3. The number of nitriles is 1. The summed E-state index contributed by atoms with van der Waals surface area (Å²) in [6.07, 6.45) is 3.42. The van der Waals surface area contributed by atoms with Crippen molar-refractivity contribution in [1.29, 1.82) is 5.26 Å². The zero-order chi connectivity index (χ0) is 19.3. The Morgan fingerprint density at radius 1 is 1.46 bits per heavy atom. The largest absolute Gasteiger partial charge is 0.451 e. The number of hydrogen-bond donors (Lipinski definition) is 1. The molecule has 0 radical (unpaired) electrons. The number of amides is 1. The van der Waals surface area contributed by atoms with Gasteiger partial charge in [-0.25, -0.2) is 4.79 Å². The van der Waals surface area contributed by atoms with E-state index in [0.29, 0.717) is 6.61 Å². The molecule has 7 heteroatoms. The molecule has 1 saturated carbocycles. The van der Waals surface area contributed by atoms with Crippen LogP contribution < -0.4 is 5.32 Å². The van der Waals surface area contributed by atoms with Gasteiger partial charge in [0, 0.05) is 24.5 Å². The van der Waals surface area contributed by atoms with Crippen LogP contribution in [0, 0.1) is 25.2 Å². The summed E-state index contributed by atoms with van der Waals surface area (Å²) in [7, 11) is 1.65. The van der Waals surface area contributed by atoms with Crippen molar-refractivity contribution < 1.29 is 19.1 Å². The average Bonchev–Trinajstić information content (AvgIpc) is 3.35. The lowest BCUT2D eigenvalue weighted by Crippen LogP contribution is -2.30. The maximum Gasteiger partial charge on any atom is 0.349 e. The molecule has 1 atom stereocenters. The monoisotopic (exact) mass is 359 g/mol. The summed E-state index contributed by atoms with van der Waals surface area (Å²) in [6.45, 7) is 6.10. The maximum absolute atomic E-state index is 12.1. The molecule has 0 spiro atoms. The van der Waals surface area contributed by atoms with Gasteiger partial charge in [0.15, 0.2) is 6.61 Å². The van der Waals surface area contributed by atoms with Crippen LogP contribution in [0.1, 0.15) is 42.8 Å². The molecule has 0 bridgehead atoms. The van der Waals surface area contributed by atoms with Gasteiger partial charge in [0.2, 0.25) is 0 Å². The number of rotatable bonds is 8. The van der Waals surface area contributed by atoms with E-state index >= 15 is 0 Å². The smallest absolute Gasteiger partial charge is 0.349 e. The average molecular weight is 359 g/mol. The minimum Gasteiger partial charge on any atom is -0.451 e. The second-order valence-electron chi connectivity index (χ2n) is 6.59. The molecular weight excluding hydrogens is 334 g/mol. The summed E-state index contributed by atoms with van der Waals surface area (Å²) in [4.78, 5) is 23.7. The second-order valence-corrected chi connectivity index (χ2v) is 6.59. The Morgan fingerprint density at radius 3 is 2.73 bits per heavy atom. The molecule has 1 aromatic heterocycles. The molecule has 26 heavy (non-hydrogen) atoms. The first-order valence-corrected chi connectivity index (χ1v) is 8.63. The van der Waals surface area contributed by atoms with Gasteiger partial charge < -0.3 is 19.4 Å². The highest BCUT2D eigenvalue weighted by atomic mass is 16.5. The first-order valence-electron chi connectivity index (χ1n) is 8.63. The van der Waals surface area contributed by atoms with Gasteiger partial charge in [0.1, 0.15) is 11.6 Å². The van der Waals surface area contributed by atoms with Gasteiger partial charge >= 0.3 is 5.97 Å². The number of nitrogens with zero attached hydrogens (tertiary/aromatic N) is 2. The third-order valence-corrected chi connectivity index (χ3v) is 4.29. The molecule has 1 aliphatic rings. The molecule has 7 nitrogen and oxygen atoms in total. The number of hydrogen-bond acceptors (Lipinski definition) is 5. The lowest BCUT2D eigenvalue weighted by atomic mass is 10.1. The van der Waals surface area contributed by atoms with Crippen LogP contribution >= 0.6 is 0 Å². The molecule has 1 amide bonds. The van der Waals surface area contributed by atoms with E-state index in [9.17, 15) is 14.9 Å². The van der Waals surface area contributed by atoms with Crippen LogP contribution in [0.2, 0.25) is 0 Å². The van der Waals surface area contributed by atoms with Gasteiger partial charge in [-0.05, 0) is 51.3 Å². The molecule has 140 valence electrons. The molecule has 1 aromatic rings. The Bertz CT molecular complexity index is 754. The van der Waals surface area contributed by atoms with Crippen LogP contribution in [0.15, 0.2) is 11.6 Å². The first kappa shape index (κ1) is 19.7. The first-order chi connectivity index (χ1) is 12.4. The number of carbonyl (C=O) groups is 2. The van der Waals surface area contributed by atoms with Crippen LogP contribution in [0.4, 0.5) is 0 Å². The summed E-state index contributed by atoms with van der Waals surface area (Å²) >= 11 is 0. The number of aromatic nitrogens is 1. The van der Waals surface area contributed by atoms with E-state index in [1.54, 1.807) is 7.11 Å². The SMILES string of the molecule is COC[C@H](C)n1c(C)cc(/C=C(\C#N)C(=O)OCC(=O)NC2CC2)c1C. The Kier molecular flexibility index (Phi) is 6.58. The number of carbonyl (C=O) groups excluding carboxylic acids is 2. The summed E-state index contributed by atoms with van der Waals surface area (Å²) in [5, 5.41) is 12.0. The zero-order valence-corrected chi connectivity index (χ0v) is 15.7. The molecule has 0 aromatic carbocycles. The quantitative estimate of drug-likeness (QED) is 0.435. The van der Waals surface area contributed by atoms with Crippen molar-refractivity contribution in [1.82, 2.24) is 9.88 Å². The van der Waals surface area contributed by atoms with Gasteiger partial charge in [0.05, 0.1) is 12.6 Å². The van der Waals surface area contributed by atoms with Crippen LogP contribution in [0.25, 0.3) is 6.08 Å². The molecular formula is C19H25N3O4. The Balaban J connectivity index is 2.09. The number of aryl methyl sites for hydroxylation is 1. The van der Waals surface area contributed by atoms with Crippen molar-refractivity contribution in [2.45, 2.75) is 45.7 Å². The molecule has 0 saturated heterocycles. The van der Waals surface area contributed by atoms with E-state index < -0.39 is 5.97 Å². The van der Waals surface area contributed by atoms with E-state index in [2.05, 4.69) is 9.88 Å². The van der Waals surface area contributed by atoms with Crippen molar-refractivity contribution in [3.63, 3.8) is 0 Å². The van der Waals surface area contributed by atoms with Crippen molar-refractivity contribution in [3.8, 4) is 6.07 Å². The molecule has 1 N–H and O–H groups in total. The zero-order valence-electron chi connectivity index (χ0n) is 15.7. The summed E-state index contributed by atoms with van der Waals surface area (Å²) in [5.74, 6) is -1.14. The van der Waals surface area contributed by atoms with Crippen molar-refractivity contribution in [3.05, 3.63) is 28.6 Å². The van der Waals surface area contributed by atoms with E-state index in [1.807, 2.05) is 32.9 Å². The normalized spacial score (nSPS) is 15.3. The summed E-state index contributed by atoms with van der Waals surface area (Å²) in [6, 6.07) is 4.10. The Hall–Kier alpha value is -2.59. The fraction of sp³-hybridized carbons (Fsp3) is 0.526. The molecule has 1 heterocycles. The fourth-order valence-corrected chi connectivity index (χ4v) is 2.94. The van der Waals surface area contributed by atoms with Gasteiger partial charge in [-0.1, -0.05) is 0 Å². The number of ether oxygens (including phenoxy) is 2. The van der Waals surface area contributed by atoms with E-state index in [-0.39, 0.29) is 30.2 Å². The van der Waals surface area contributed by atoms with Crippen LogP contribution in [0.5, 0.6) is 0 Å². The predicted octanol–water partition coefficient (Wildman–Crippen LogP) is 2.04. The minimum atomic E-state index is -0.798. The Morgan fingerprint density at radius 2 is 2.15 bits per heavy atom. The molecule has 2 rings (SSSR count). The lowest BCUT2D eigenvalue weighted by molar-refractivity contribution is -0.144. The van der Waals surface area contributed by atoms with Gasteiger partial charge in [-0.2, -0.15) is 5.26 Å². The van der Waals surface area contributed by atoms with Crippen molar-refractivity contribution >= 4 is 18.0 Å². The van der Waals surface area contributed by atoms with Gasteiger partial charge in [-0.15, -0.1) is 0 Å². The van der Waals surface area contributed by atoms with Crippen LogP contribution in [-0.2, 0) is 19.1 Å². The predicted molar refractivity (Wildman–Crippen MR) is 96.2 cm³/mol. The highest BCUT2D eigenvalue weighted by Crippen LogP contribution is 2.23.